The first-order valence-electron chi connectivity index (χ1n) is 15.0. The number of carbonyl (C=O) groups is 1. The van der Waals surface area contributed by atoms with Crippen LogP contribution in [-0.2, 0) is 5.60 Å². The van der Waals surface area contributed by atoms with Crippen LogP contribution < -0.4 is 25.8 Å². The third kappa shape index (κ3) is 7.65. The number of hydrogen-bond acceptors (Lipinski definition) is 5. The third-order valence-corrected chi connectivity index (χ3v) is 7.91. The van der Waals surface area contributed by atoms with Crippen LogP contribution in [0.1, 0.15) is 66.7 Å². The van der Waals surface area contributed by atoms with E-state index in [0.717, 1.165) is 13.0 Å². The molecule has 238 valence electrons. The van der Waals surface area contributed by atoms with Gasteiger partial charge >= 0.3 is 0 Å². The third-order valence-electron chi connectivity index (χ3n) is 7.91. The van der Waals surface area contributed by atoms with Gasteiger partial charge in [-0.25, -0.2) is 18.2 Å². The molecule has 0 aliphatic heterocycles. The van der Waals surface area contributed by atoms with Gasteiger partial charge in [-0.2, -0.15) is 0 Å². The van der Waals surface area contributed by atoms with Gasteiger partial charge in [-0.05, 0) is 69.4 Å². The smallest absolute Gasteiger partial charge is 0.251 e. The summed E-state index contributed by atoms with van der Waals surface area (Å²) in [4.78, 5) is 18.1. The number of halogens is 3. The normalized spacial score (nSPS) is 15.7. The molecule has 0 radical (unpaired) electrons. The molecule has 0 saturated carbocycles. The fourth-order valence-corrected chi connectivity index (χ4v) is 5.32. The number of hydrogen-bond donors (Lipinski definition) is 3. The van der Waals surface area contributed by atoms with Gasteiger partial charge in [0.2, 0.25) is 0 Å². The van der Waals surface area contributed by atoms with Crippen LogP contribution in [-0.4, -0.2) is 36.2 Å². The fourth-order valence-electron chi connectivity index (χ4n) is 5.32. The van der Waals surface area contributed by atoms with E-state index in [9.17, 15) is 14.3 Å². The van der Waals surface area contributed by atoms with Gasteiger partial charge in [0, 0.05) is 64.1 Å². The average molecular weight is 620 g/mol. The molecule has 45 heavy (non-hydrogen) atoms. The van der Waals surface area contributed by atoms with E-state index in [0.29, 0.717) is 39.9 Å². The molecule has 0 saturated heterocycles. The molecule has 2 unspecified atom stereocenters. The minimum atomic E-state index is -1.65. The van der Waals surface area contributed by atoms with Crippen LogP contribution in [0.2, 0.25) is 0 Å². The molecule has 1 aliphatic carbocycles. The molecule has 3 aromatic rings. The van der Waals surface area contributed by atoms with Crippen LogP contribution in [0.4, 0.5) is 13.2 Å². The maximum absolute atomic E-state index is 15.9. The summed E-state index contributed by atoms with van der Waals surface area (Å²) < 4.78 is 50.6. The minimum absolute atomic E-state index is 0.0916. The quantitative estimate of drug-likeness (QED) is 0.247. The molecular weight excluding hydrogens is 579 g/mol. The molecule has 2 atom stereocenters. The van der Waals surface area contributed by atoms with Crippen LogP contribution in [0.25, 0.3) is 24.0 Å². The van der Waals surface area contributed by atoms with Gasteiger partial charge in [-0.15, -0.1) is 0 Å². The second kappa shape index (κ2) is 14.2. The van der Waals surface area contributed by atoms with Crippen molar-refractivity contribution in [3.63, 3.8) is 0 Å². The number of aliphatic hydroxyl groups is 1. The Balaban J connectivity index is 1.79. The Kier molecular flexibility index (Phi) is 10.5. The first kappa shape index (κ1) is 33.5. The molecule has 9 heteroatoms. The summed E-state index contributed by atoms with van der Waals surface area (Å²) in [5, 5.41) is 18.5. The predicted molar refractivity (Wildman–Crippen MR) is 172 cm³/mol. The zero-order valence-corrected chi connectivity index (χ0v) is 26.3. The molecule has 1 amide bonds. The molecule has 6 nitrogen and oxygen atoms in total. The largest absolute Gasteiger partial charge is 0.496 e. The van der Waals surface area contributed by atoms with E-state index in [4.69, 9.17) is 4.74 Å². The highest BCUT2D eigenvalue weighted by Gasteiger charge is 2.31. The number of pyridine rings is 1. The Morgan fingerprint density at radius 1 is 1.18 bits per heavy atom. The first-order chi connectivity index (χ1) is 21.3. The fraction of sp³-hybridized carbons (Fsp3) is 0.333. The summed E-state index contributed by atoms with van der Waals surface area (Å²) >= 11 is 0. The number of rotatable bonds is 11. The molecule has 3 N–H and O–H groups in total. The van der Waals surface area contributed by atoms with Crippen molar-refractivity contribution in [2.75, 3.05) is 20.2 Å². The Morgan fingerprint density at radius 3 is 2.58 bits per heavy atom. The Hall–Kier alpha value is -4.37. The molecule has 4 rings (SSSR count). The highest BCUT2D eigenvalue weighted by Crippen LogP contribution is 2.37. The highest BCUT2D eigenvalue weighted by molar-refractivity contribution is 5.94. The monoisotopic (exact) mass is 619 g/mol. The van der Waals surface area contributed by atoms with Crippen molar-refractivity contribution >= 4 is 18.7 Å². The average Bonchev–Trinajstić information content (AvgIpc) is 3.00. The number of aromatic nitrogens is 1. The summed E-state index contributed by atoms with van der Waals surface area (Å²) in [5.41, 5.74) is -1.48. The van der Waals surface area contributed by atoms with Gasteiger partial charge in [0.05, 0.1) is 12.7 Å². The van der Waals surface area contributed by atoms with E-state index in [1.165, 1.54) is 40.0 Å². The van der Waals surface area contributed by atoms with E-state index >= 15 is 8.78 Å². The Bertz CT molecular complexity index is 1750. The number of amides is 1. The predicted octanol–water partition coefficient (Wildman–Crippen LogP) is 5.50. The second-order valence-corrected chi connectivity index (χ2v) is 11.8. The van der Waals surface area contributed by atoms with Gasteiger partial charge in [0.15, 0.2) is 5.82 Å². The van der Waals surface area contributed by atoms with Crippen LogP contribution in [0, 0.1) is 30.3 Å². The molecule has 0 spiro atoms. The van der Waals surface area contributed by atoms with Crippen LogP contribution in [0.5, 0.6) is 5.75 Å². The van der Waals surface area contributed by atoms with Crippen molar-refractivity contribution in [1.82, 2.24) is 15.6 Å². The van der Waals surface area contributed by atoms with Crippen molar-refractivity contribution in [3.05, 3.63) is 105 Å². The summed E-state index contributed by atoms with van der Waals surface area (Å²) in [6, 6.07) is 6.71. The maximum Gasteiger partial charge on any atom is 0.251 e. The number of methoxy groups -OCH3 is 1. The minimum Gasteiger partial charge on any atom is -0.496 e. The Labute approximate surface area is 262 Å². The summed E-state index contributed by atoms with van der Waals surface area (Å²) in [6.45, 7) is 11.3. The van der Waals surface area contributed by atoms with Gasteiger partial charge in [0.25, 0.3) is 5.91 Å². The highest BCUT2D eigenvalue weighted by atomic mass is 19.1. The van der Waals surface area contributed by atoms with E-state index in [1.54, 1.807) is 18.3 Å². The molecule has 1 heterocycles. The second-order valence-electron chi connectivity index (χ2n) is 11.8. The van der Waals surface area contributed by atoms with Gasteiger partial charge in [-0.3, -0.25) is 4.79 Å². The van der Waals surface area contributed by atoms with E-state index < -0.39 is 29.0 Å². The lowest BCUT2D eigenvalue weighted by molar-refractivity contribution is 0.0742. The topological polar surface area (TPSA) is 83.5 Å². The van der Waals surface area contributed by atoms with Crippen molar-refractivity contribution in [2.45, 2.75) is 52.1 Å². The van der Waals surface area contributed by atoms with E-state index in [-0.39, 0.29) is 40.8 Å². The summed E-state index contributed by atoms with van der Waals surface area (Å²) in [5.74, 6) is -3.21. The molecular formula is C36H40F3N3O3. The van der Waals surface area contributed by atoms with Crippen LogP contribution in [0.15, 0.2) is 54.6 Å². The molecule has 0 fully saturated rings. The Morgan fingerprint density at radius 2 is 1.93 bits per heavy atom. The van der Waals surface area contributed by atoms with E-state index in [1.807, 2.05) is 31.2 Å². The van der Waals surface area contributed by atoms with Gasteiger partial charge < -0.3 is 20.5 Å². The van der Waals surface area contributed by atoms with Crippen LogP contribution in [0.3, 0.4) is 0 Å². The standard InChI is InChI=1S/C36H40F3N3O3/c1-7-13-40-19-25-15-24(16-32(45-6)22(25)3)35(43)41-20-27(23-11-9-8-10-12-23)31-17-28(36(4,5)44)33(39)34(42-31)26-14-21(2)29(37)18-30(26)38/h8-11,14-19,23,27,40,44H,3,7,12-13,20H2,1-2,4-6H3,(H,41,43)/b25-19-. The molecule has 1 aliphatic rings. The van der Waals surface area contributed by atoms with Gasteiger partial charge in [-0.1, -0.05) is 37.8 Å². The number of allylic oxidation sites excluding steroid dienone is 4. The zero-order chi connectivity index (χ0) is 32.9. The number of ether oxygens (including phenoxy) is 1. The van der Waals surface area contributed by atoms with Crippen molar-refractivity contribution in [2.24, 2.45) is 5.92 Å². The number of carbonyl (C=O) groups excluding carboxylic acids is 1. The summed E-state index contributed by atoms with van der Waals surface area (Å²) in [6.07, 6.45) is 11.1. The lowest BCUT2D eigenvalue weighted by Crippen LogP contribution is -2.35. The van der Waals surface area contributed by atoms with Crippen molar-refractivity contribution in [1.29, 1.82) is 0 Å². The zero-order valence-electron chi connectivity index (χ0n) is 26.3. The maximum atomic E-state index is 15.9. The first-order valence-corrected chi connectivity index (χ1v) is 15.0. The van der Waals surface area contributed by atoms with E-state index in [2.05, 4.69) is 22.2 Å². The van der Waals surface area contributed by atoms with Crippen molar-refractivity contribution < 1.29 is 27.8 Å². The number of nitrogens with zero attached hydrogens (tertiary/aromatic N) is 1. The number of aryl methyl sites for hydroxylation is 1. The number of benzene rings is 2. The summed E-state index contributed by atoms with van der Waals surface area (Å²) in [7, 11) is 1.51. The van der Waals surface area contributed by atoms with Gasteiger partial charge in [0.1, 0.15) is 23.1 Å². The SMILES string of the molecule is C=c1c(OC)cc(C(=O)NCC(c2cc(C(C)(C)O)c(F)c(-c3cc(C)c(F)cc3F)n2)C2C=CC=CC2)c/c1=C/NCCC. The molecule has 2 aromatic carbocycles. The van der Waals surface area contributed by atoms with Crippen molar-refractivity contribution in [3.8, 4) is 17.0 Å². The molecule has 0 bridgehead atoms. The van der Waals surface area contributed by atoms with Crippen LogP contribution >= 0.6 is 0 Å². The molecule has 1 aromatic heterocycles. The lowest BCUT2D eigenvalue weighted by atomic mass is 9.82. The lowest BCUT2D eigenvalue weighted by Gasteiger charge is -2.28. The number of nitrogens with one attached hydrogen (secondary N) is 2.